The van der Waals surface area contributed by atoms with Gasteiger partial charge >= 0.3 is 5.97 Å². The third-order valence-corrected chi connectivity index (χ3v) is 4.96. The van der Waals surface area contributed by atoms with Crippen LogP contribution in [0.1, 0.15) is 65.7 Å². The van der Waals surface area contributed by atoms with Gasteiger partial charge in [0, 0.05) is 12.6 Å². The average molecular weight is 298 g/mol. The van der Waals surface area contributed by atoms with Crippen LogP contribution >= 0.6 is 0 Å². The van der Waals surface area contributed by atoms with Gasteiger partial charge in [-0.15, -0.1) is 0 Å². The topological polar surface area (TPSA) is 52.6 Å². The Labute approximate surface area is 130 Å². The van der Waals surface area contributed by atoms with Crippen molar-refractivity contribution in [3.8, 4) is 0 Å². The van der Waals surface area contributed by atoms with Gasteiger partial charge in [-0.25, -0.2) is 0 Å². The van der Waals surface area contributed by atoms with E-state index in [1.807, 2.05) is 6.92 Å². The zero-order valence-corrected chi connectivity index (χ0v) is 14.3. The summed E-state index contributed by atoms with van der Waals surface area (Å²) in [5.41, 5.74) is -0.823. The fraction of sp³-hybridized carbons (Fsp3) is 0.941. The standard InChI is InChI=1S/C17H34N2O2/c1-5-11-18-17(3,16(20)21)12-14(2)19(4)13-15-9-7-6-8-10-15/h14-15,18H,5-13H2,1-4H3,(H,20,21). The quantitative estimate of drug-likeness (QED) is 0.687. The number of nitrogens with one attached hydrogen (secondary N) is 1. The minimum absolute atomic E-state index is 0.275. The molecular weight excluding hydrogens is 264 g/mol. The second-order valence-corrected chi connectivity index (χ2v) is 7.06. The maximum Gasteiger partial charge on any atom is 0.323 e. The minimum atomic E-state index is -0.823. The summed E-state index contributed by atoms with van der Waals surface area (Å²) in [6, 6.07) is 0.275. The second kappa shape index (κ2) is 8.74. The maximum atomic E-state index is 11.6. The molecule has 0 spiro atoms. The lowest BCUT2D eigenvalue weighted by molar-refractivity contribution is -0.145. The number of rotatable bonds is 9. The number of aliphatic carboxylic acids is 1. The van der Waals surface area contributed by atoms with Crippen LogP contribution in [0.2, 0.25) is 0 Å². The first-order valence-corrected chi connectivity index (χ1v) is 8.57. The molecule has 0 saturated heterocycles. The van der Waals surface area contributed by atoms with Crippen molar-refractivity contribution in [2.45, 2.75) is 77.3 Å². The second-order valence-electron chi connectivity index (χ2n) is 7.06. The van der Waals surface area contributed by atoms with Crippen molar-refractivity contribution in [1.29, 1.82) is 0 Å². The van der Waals surface area contributed by atoms with Crippen molar-refractivity contribution in [3.05, 3.63) is 0 Å². The van der Waals surface area contributed by atoms with E-state index in [1.54, 1.807) is 0 Å². The normalized spacial score (nSPS) is 21.2. The predicted molar refractivity (Wildman–Crippen MR) is 87.6 cm³/mol. The van der Waals surface area contributed by atoms with Gasteiger partial charge in [-0.1, -0.05) is 26.2 Å². The van der Waals surface area contributed by atoms with Crippen LogP contribution in [-0.4, -0.2) is 47.7 Å². The van der Waals surface area contributed by atoms with Crippen LogP contribution in [0.5, 0.6) is 0 Å². The van der Waals surface area contributed by atoms with Crippen molar-refractivity contribution in [1.82, 2.24) is 10.2 Å². The molecule has 2 N–H and O–H groups in total. The van der Waals surface area contributed by atoms with E-state index in [0.717, 1.165) is 25.4 Å². The molecular formula is C17H34N2O2. The Hall–Kier alpha value is -0.610. The lowest BCUT2D eigenvalue weighted by Crippen LogP contribution is -2.53. The van der Waals surface area contributed by atoms with Crippen molar-refractivity contribution >= 4 is 5.97 Å². The Morgan fingerprint density at radius 1 is 1.38 bits per heavy atom. The highest BCUT2D eigenvalue weighted by atomic mass is 16.4. The molecule has 0 aromatic heterocycles. The molecule has 1 aliphatic carbocycles. The van der Waals surface area contributed by atoms with Gasteiger partial charge in [0.15, 0.2) is 0 Å². The number of carbonyl (C=O) groups is 1. The monoisotopic (exact) mass is 298 g/mol. The molecule has 124 valence electrons. The van der Waals surface area contributed by atoms with E-state index in [0.29, 0.717) is 6.42 Å². The summed E-state index contributed by atoms with van der Waals surface area (Å²) in [5, 5.41) is 12.7. The molecule has 1 fully saturated rings. The molecule has 0 aromatic rings. The zero-order chi connectivity index (χ0) is 15.9. The predicted octanol–water partition coefficient (Wildman–Crippen LogP) is 3.12. The number of carboxylic acid groups (broad SMARTS) is 1. The van der Waals surface area contributed by atoms with E-state index in [4.69, 9.17) is 0 Å². The molecule has 1 saturated carbocycles. The highest BCUT2D eigenvalue weighted by molar-refractivity contribution is 5.78. The average Bonchev–Trinajstić information content (AvgIpc) is 2.46. The van der Waals surface area contributed by atoms with Crippen molar-refractivity contribution in [2.24, 2.45) is 5.92 Å². The van der Waals surface area contributed by atoms with Crippen LogP contribution in [0.25, 0.3) is 0 Å². The van der Waals surface area contributed by atoms with E-state index in [9.17, 15) is 9.90 Å². The highest BCUT2D eigenvalue weighted by Gasteiger charge is 2.35. The zero-order valence-electron chi connectivity index (χ0n) is 14.3. The van der Waals surface area contributed by atoms with Crippen LogP contribution in [0.15, 0.2) is 0 Å². The molecule has 0 bridgehead atoms. The summed E-state index contributed by atoms with van der Waals surface area (Å²) in [5.74, 6) is 0.0553. The molecule has 0 amide bonds. The van der Waals surface area contributed by atoms with Crippen LogP contribution in [0.3, 0.4) is 0 Å². The van der Waals surface area contributed by atoms with Gasteiger partial charge in [-0.05, 0) is 59.0 Å². The Bertz CT molecular complexity index is 316. The Morgan fingerprint density at radius 2 is 2.00 bits per heavy atom. The van der Waals surface area contributed by atoms with Gasteiger partial charge in [-0.2, -0.15) is 0 Å². The molecule has 0 heterocycles. The molecule has 0 aromatic carbocycles. The van der Waals surface area contributed by atoms with Gasteiger partial charge in [0.1, 0.15) is 5.54 Å². The molecule has 1 aliphatic rings. The number of hydrogen-bond acceptors (Lipinski definition) is 3. The SMILES string of the molecule is CCCNC(C)(CC(C)N(C)CC1CCCCC1)C(=O)O. The Morgan fingerprint density at radius 3 is 2.52 bits per heavy atom. The third-order valence-electron chi connectivity index (χ3n) is 4.96. The summed E-state index contributed by atoms with van der Waals surface area (Å²) in [6.45, 7) is 7.88. The Kier molecular flexibility index (Phi) is 7.67. The van der Waals surface area contributed by atoms with E-state index >= 15 is 0 Å². The van der Waals surface area contributed by atoms with Crippen molar-refractivity contribution < 1.29 is 9.90 Å². The highest BCUT2D eigenvalue weighted by Crippen LogP contribution is 2.25. The minimum Gasteiger partial charge on any atom is -0.480 e. The van der Waals surface area contributed by atoms with Crippen LogP contribution < -0.4 is 5.32 Å². The molecule has 4 heteroatoms. The molecule has 2 atom stereocenters. The fourth-order valence-electron chi connectivity index (χ4n) is 3.34. The smallest absolute Gasteiger partial charge is 0.323 e. The molecule has 0 radical (unpaired) electrons. The van der Waals surface area contributed by atoms with Crippen LogP contribution in [-0.2, 0) is 4.79 Å². The molecule has 0 aliphatic heterocycles. The molecule has 2 unspecified atom stereocenters. The van der Waals surface area contributed by atoms with E-state index in [1.165, 1.54) is 32.1 Å². The maximum absolute atomic E-state index is 11.6. The summed E-state index contributed by atoms with van der Waals surface area (Å²) >= 11 is 0. The summed E-state index contributed by atoms with van der Waals surface area (Å²) in [4.78, 5) is 13.9. The number of nitrogens with zero attached hydrogens (tertiary/aromatic N) is 1. The third kappa shape index (κ3) is 5.95. The Balaban J connectivity index is 2.50. The largest absolute Gasteiger partial charge is 0.480 e. The number of carboxylic acids is 1. The lowest BCUT2D eigenvalue weighted by atomic mass is 9.88. The molecule has 21 heavy (non-hydrogen) atoms. The van der Waals surface area contributed by atoms with E-state index in [-0.39, 0.29) is 6.04 Å². The van der Waals surface area contributed by atoms with E-state index < -0.39 is 11.5 Å². The van der Waals surface area contributed by atoms with Crippen molar-refractivity contribution in [2.75, 3.05) is 20.1 Å². The summed E-state index contributed by atoms with van der Waals surface area (Å²) in [7, 11) is 2.14. The first-order chi connectivity index (χ1) is 9.89. The van der Waals surface area contributed by atoms with Crippen LogP contribution in [0.4, 0.5) is 0 Å². The van der Waals surface area contributed by atoms with Gasteiger partial charge in [-0.3, -0.25) is 4.79 Å². The summed E-state index contributed by atoms with van der Waals surface area (Å²) < 4.78 is 0. The van der Waals surface area contributed by atoms with Gasteiger partial charge in [0.2, 0.25) is 0 Å². The molecule has 1 rings (SSSR count). The fourth-order valence-corrected chi connectivity index (χ4v) is 3.34. The first kappa shape index (κ1) is 18.4. The first-order valence-electron chi connectivity index (χ1n) is 8.57. The molecule has 4 nitrogen and oxygen atoms in total. The van der Waals surface area contributed by atoms with Gasteiger partial charge in [0.05, 0.1) is 0 Å². The van der Waals surface area contributed by atoms with Gasteiger partial charge < -0.3 is 15.3 Å². The van der Waals surface area contributed by atoms with Crippen molar-refractivity contribution in [3.63, 3.8) is 0 Å². The van der Waals surface area contributed by atoms with Crippen LogP contribution in [0, 0.1) is 5.92 Å². The van der Waals surface area contributed by atoms with E-state index in [2.05, 4.69) is 31.1 Å². The van der Waals surface area contributed by atoms with Gasteiger partial charge in [0.25, 0.3) is 0 Å². The lowest BCUT2D eigenvalue weighted by Gasteiger charge is -2.35. The summed E-state index contributed by atoms with van der Waals surface area (Å²) in [6.07, 6.45) is 8.37. The number of hydrogen-bond donors (Lipinski definition) is 2.